The fourth-order valence-electron chi connectivity index (χ4n) is 3.83. The first-order valence-corrected chi connectivity index (χ1v) is 9.39. The van der Waals surface area contributed by atoms with E-state index in [-0.39, 0.29) is 11.2 Å². The van der Waals surface area contributed by atoms with E-state index >= 15 is 0 Å². The van der Waals surface area contributed by atoms with Crippen LogP contribution in [0.3, 0.4) is 0 Å². The highest BCUT2D eigenvalue weighted by atomic mass is 16.1. The van der Waals surface area contributed by atoms with Gasteiger partial charge < -0.3 is 9.88 Å². The first-order valence-electron chi connectivity index (χ1n) is 9.39. The number of nitrogens with one attached hydrogen (secondary N) is 1. The second kappa shape index (κ2) is 6.99. The van der Waals surface area contributed by atoms with E-state index in [9.17, 15) is 10.1 Å². The number of Topliss-reactive ketones (excluding diaryl/α,β-unsaturated/α-hetero) is 1. The maximum Gasteiger partial charge on any atom is 0.165 e. The number of aryl methyl sites for hydroxylation is 1. The molecule has 0 saturated carbocycles. The molecule has 0 amide bonds. The van der Waals surface area contributed by atoms with E-state index in [1.54, 1.807) is 0 Å². The van der Waals surface area contributed by atoms with Crippen LogP contribution in [0.25, 0.3) is 5.69 Å². The number of nitrogens with zero attached hydrogens (tertiary/aromatic N) is 2. The summed E-state index contributed by atoms with van der Waals surface area (Å²) >= 11 is 0. The largest absolute Gasteiger partial charge is 0.384 e. The summed E-state index contributed by atoms with van der Waals surface area (Å²) in [6, 6.07) is 10.2. The monoisotopic (exact) mass is 349 g/mol. The van der Waals surface area contributed by atoms with Crippen LogP contribution in [0.2, 0.25) is 0 Å². The average molecular weight is 349 g/mol. The molecule has 136 valence electrons. The maximum atomic E-state index is 12.6. The van der Waals surface area contributed by atoms with Crippen LogP contribution in [-0.4, -0.2) is 16.9 Å². The van der Waals surface area contributed by atoms with Gasteiger partial charge in [-0.15, -0.1) is 0 Å². The number of aromatic nitrogens is 1. The van der Waals surface area contributed by atoms with E-state index in [1.165, 1.54) is 0 Å². The zero-order valence-corrected chi connectivity index (χ0v) is 16.1. The summed E-state index contributed by atoms with van der Waals surface area (Å²) in [5.74, 6) is 0.230. The molecule has 26 heavy (non-hydrogen) atoms. The van der Waals surface area contributed by atoms with Gasteiger partial charge in [-0.3, -0.25) is 4.79 Å². The average Bonchev–Trinajstić information content (AvgIpc) is 2.90. The molecule has 1 heterocycles. The predicted octanol–water partition coefficient (Wildman–Crippen LogP) is 5.02. The summed E-state index contributed by atoms with van der Waals surface area (Å²) in [7, 11) is 0. The molecule has 0 saturated heterocycles. The van der Waals surface area contributed by atoms with Crippen molar-refractivity contribution in [3.63, 3.8) is 0 Å². The van der Waals surface area contributed by atoms with E-state index < -0.39 is 0 Å². The SMILES string of the molecule is CCCCNc1cc(-n2c(C)cc3c2CC(C)(C)CC3=O)ccc1C#N. The van der Waals surface area contributed by atoms with Crippen molar-refractivity contribution in [1.29, 1.82) is 5.26 Å². The molecule has 0 atom stereocenters. The number of carbonyl (C=O) groups excluding carboxylic acids is 1. The van der Waals surface area contributed by atoms with Crippen LogP contribution < -0.4 is 5.32 Å². The standard InChI is InChI=1S/C22H27N3O/c1-5-6-9-24-19-11-17(8-7-16(19)14-23)25-15(2)10-18-20(25)12-22(3,4)13-21(18)26/h7-8,10-11,24H,5-6,9,12-13H2,1-4H3. The van der Waals surface area contributed by atoms with Crippen molar-refractivity contribution in [2.24, 2.45) is 5.41 Å². The second-order valence-electron chi connectivity index (χ2n) is 8.04. The molecule has 4 nitrogen and oxygen atoms in total. The van der Waals surface area contributed by atoms with E-state index in [1.807, 2.05) is 31.2 Å². The molecule has 1 aromatic carbocycles. The molecule has 1 N–H and O–H groups in total. The number of carbonyl (C=O) groups is 1. The van der Waals surface area contributed by atoms with Crippen LogP contribution in [0.5, 0.6) is 0 Å². The van der Waals surface area contributed by atoms with Crippen LogP contribution in [0, 0.1) is 23.7 Å². The van der Waals surface area contributed by atoms with E-state index in [0.717, 1.165) is 54.1 Å². The Morgan fingerprint density at radius 2 is 2.04 bits per heavy atom. The summed E-state index contributed by atoms with van der Waals surface area (Å²) in [6.07, 6.45) is 3.65. The molecule has 1 aliphatic rings. The molecule has 0 fully saturated rings. The third-order valence-corrected chi connectivity index (χ3v) is 5.10. The summed E-state index contributed by atoms with van der Waals surface area (Å²) in [5.41, 5.74) is 5.50. The van der Waals surface area contributed by atoms with Gasteiger partial charge in [-0.1, -0.05) is 27.2 Å². The summed E-state index contributed by atoms with van der Waals surface area (Å²) in [5, 5.41) is 12.8. The summed E-state index contributed by atoms with van der Waals surface area (Å²) < 4.78 is 2.18. The van der Waals surface area contributed by atoms with Crippen LogP contribution in [-0.2, 0) is 6.42 Å². The first-order chi connectivity index (χ1) is 12.4. The third kappa shape index (κ3) is 3.39. The number of hydrogen-bond acceptors (Lipinski definition) is 3. The van der Waals surface area contributed by atoms with Crippen molar-refractivity contribution in [2.45, 2.75) is 53.4 Å². The summed E-state index contributed by atoms with van der Waals surface area (Å²) in [6.45, 7) is 9.34. The number of ketones is 1. The molecule has 0 unspecified atom stereocenters. The lowest BCUT2D eigenvalue weighted by molar-refractivity contribution is 0.0911. The third-order valence-electron chi connectivity index (χ3n) is 5.10. The molecule has 0 radical (unpaired) electrons. The Balaban J connectivity index is 2.06. The minimum absolute atomic E-state index is 0.0264. The van der Waals surface area contributed by atoms with Gasteiger partial charge in [-0.25, -0.2) is 0 Å². The number of anilines is 1. The van der Waals surface area contributed by atoms with Crippen molar-refractivity contribution in [3.05, 3.63) is 46.8 Å². The molecule has 1 aliphatic carbocycles. The maximum absolute atomic E-state index is 12.6. The normalized spacial score (nSPS) is 15.4. The van der Waals surface area contributed by atoms with Gasteiger partial charge in [0, 0.05) is 35.6 Å². The Morgan fingerprint density at radius 3 is 2.73 bits per heavy atom. The second-order valence-corrected chi connectivity index (χ2v) is 8.04. The minimum atomic E-state index is -0.0264. The van der Waals surface area contributed by atoms with E-state index in [2.05, 4.69) is 36.7 Å². The predicted molar refractivity (Wildman–Crippen MR) is 105 cm³/mol. The Hall–Kier alpha value is -2.54. The molecular formula is C22H27N3O. The van der Waals surface area contributed by atoms with Gasteiger partial charge in [0.25, 0.3) is 0 Å². The van der Waals surface area contributed by atoms with E-state index in [0.29, 0.717) is 12.0 Å². The molecular weight excluding hydrogens is 322 g/mol. The number of benzene rings is 1. The zero-order chi connectivity index (χ0) is 18.9. The van der Waals surface area contributed by atoms with Gasteiger partial charge in [0.1, 0.15) is 6.07 Å². The zero-order valence-electron chi connectivity index (χ0n) is 16.1. The number of nitriles is 1. The fourth-order valence-corrected chi connectivity index (χ4v) is 3.83. The topological polar surface area (TPSA) is 57.8 Å². The lowest BCUT2D eigenvalue weighted by atomic mass is 9.76. The van der Waals surface area contributed by atoms with Crippen LogP contribution in [0.1, 0.15) is 67.3 Å². The van der Waals surface area contributed by atoms with Gasteiger partial charge in [-0.05, 0) is 49.4 Å². The molecule has 0 spiro atoms. The number of hydrogen-bond donors (Lipinski definition) is 1. The highest BCUT2D eigenvalue weighted by molar-refractivity contribution is 5.99. The van der Waals surface area contributed by atoms with Crippen molar-refractivity contribution >= 4 is 11.5 Å². The van der Waals surface area contributed by atoms with Crippen molar-refractivity contribution < 1.29 is 4.79 Å². The van der Waals surface area contributed by atoms with Crippen molar-refractivity contribution in [2.75, 3.05) is 11.9 Å². The first kappa shape index (κ1) is 18.3. The van der Waals surface area contributed by atoms with Gasteiger partial charge in [-0.2, -0.15) is 5.26 Å². The molecule has 0 aliphatic heterocycles. The van der Waals surface area contributed by atoms with Crippen LogP contribution >= 0.6 is 0 Å². The smallest absolute Gasteiger partial charge is 0.165 e. The minimum Gasteiger partial charge on any atom is -0.384 e. The van der Waals surface area contributed by atoms with Crippen LogP contribution in [0.15, 0.2) is 24.3 Å². The Labute approximate surface area is 155 Å². The van der Waals surface area contributed by atoms with Crippen molar-refractivity contribution in [3.8, 4) is 11.8 Å². The highest BCUT2D eigenvalue weighted by Gasteiger charge is 2.34. The van der Waals surface area contributed by atoms with Gasteiger partial charge in [0.15, 0.2) is 5.78 Å². The Kier molecular flexibility index (Phi) is 4.91. The van der Waals surface area contributed by atoms with Crippen LogP contribution in [0.4, 0.5) is 5.69 Å². The molecule has 4 heteroatoms. The Bertz CT molecular complexity index is 884. The van der Waals surface area contributed by atoms with Crippen molar-refractivity contribution in [1.82, 2.24) is 4.57 Å². The Morgan fingerprint density at radius 1 is 1.27 bits per heavy atom. The molecule has 1 aromatic heterocycles. The molecule has 0 bridgehead atoms. The number of fused-ring (bicyclic) bond motifs is 1. The lowest BCUT2D eigenvalue weighted by Gasteiger charge is -2.30. The summed E-state index contributed by atoms with van der Waals surface area (Å²) in [4.78, 5) is 12.6. The van der Waals surface area contributed by atoms with Gasteiger partial charge in [0.05, 0.1) is 11.3 Å². The highest BCUT2D eigenvalue weighted by Crippen LogP contribution is 2.38. The molecule has 2 aromatic rings. The van der Waals surface area contributed by atoms with Gasteiger partial charge >= 0.3 is 0 Å². The van der Waals surface area contributed by atoms with E-state index in [4.69, 9.17) is 0 Å². The quantitative estimate of drug-likeness (QED) is 0.771. The molecule has 3 rings (SSSR count). The lowest BCUT2D eigenvalue weighted by Crippen LogP contribution is -2.27. The van der Waals surface area contributed by atoms with Gasteiger partial charge in [0.2, 0.25) is 0 Å². The number of rotatable bonds is 5. The number of unbranched alkanes of at least 4 members (excludes halogenated alkanes) is 1. The fraction of sp³-hybridized carbons (Fsp3) is 0.455.